The van der Waals surface area contributed by atoms with Crippen LogP contribution in [0.15, 0.2) is 36.4 Å². The van der Waals surface area contributed by atoms with Crippen molar-refractivity contribution in [2.75, 3.05) is 13.3 Å². The lowest BCUT2D eigenvalue weighted by atomic mass is 9.98. The molecule has 2 aromatic rings. The number of ether oxygens (including phenoxy) is 1. The summed E-state index contributed by atoms with van der Waals surface area (Å²) in [6.45, 7) is 7.61. The largest absolute Gasteiger partial charge is 0.507 e. The average molecular weight is 462 g/mol. The maximum Gasteiger partial charge on any atom is 0.323 e. The van der Waals surface area contributed by atoms with E-state index in [1.807, 2.05) is 44.2 Å². The summed E-state index contributed by atoms with van der Waals surface area (Å²) in [6.07, 6.45) is 4.79. The normalized spacial score (nSPS) is 13.9. The van der Waals surface area contributed by atoms with Crippen molar-refractivity contribution in [1.82, 2.24) is 5.09 Å². The summed E-state index contributed by atoms with van der Waals surface area (Å²) in [5, 5.41) is 13.8. The van der Waals surface area contributed by atoms with E-state index in [2.05, 4.69) is 12.0 Å². The average Bonchev–Trinajstić information content (AvgIpc) is 2.73. The van der Waals surface area contributed by atoms with Crippen molar-refractivity contribution in [1.29, 1.82) is 0 Å². The number of rotatable bonds is 12. The first kappa shape index (κ1) is 26.0. The summed E-state index contributed by atoms with van der Waals surface area (Å²) in [7, 11) is -2.17. The number of carbonyl (C=O) groups is 1. The molecule has 0 amide bonds. The molecule has 2 rings (SSSR count). The lowest BCUT2D eigenvalue weighted by Crippen LogP contribution is -2.34. The molecule has 32 heavy (non-hydrogen) atoms. The van der Waals surface area contributed by atoms with E-state index < -0.39 is 19.5 Å². The van der Waals surface area contributed by atoms with Crippen LogP contribution in [0.4, 0.5) is 0 Å². The summed E-state index contributed by atoms with van der Waals surface area (Å²) in [4.78, 5) is 11.9. The van der Waals surface area contributed by atoms with Crippen molar-refractivity contribution in [2.24, 2.45) is 0 Å². The van der Waals surface area contributed by atoms with Gasteiger partial charge in [-0.05, 0) is 56.4 Å². The van der Waals surface area contributed by atoms with Gasteiger partial charge in [-0.25, -0.2) is 5.09 Å². The number of phenolic OH excluding ortho intramolecular Hbond substituents is 1. The van der Waals surface area contributed by atoms with E-state index >= 15 is 0 Å². The first-order chi connectivity index (χ1) is 15.2. The third-order valence-electron chi connectivity index (χ3n) is 5.23. The van der Waals surface area contributed by atoms with Crippen LogP contribution in [0.3, 0.4) is 0 Å². The van der Waals surface area contributed by atoms with Gasteiger partial charge in [0.2, 0.25) is 0 Å². The Morgan fingerprint density at radius 2 is 1.91 bits per heavy atom. The monoisotopic (exact) mass is 461 g/mol. The lowest BCUT2D eigenvalue weighted by Gasteiger charge is -2.25. The van der Waals surface area contributed by atoms with Gasteiger partial charge in [0.25, 0.3) is 0 Å². The van der Waals surface area contributed by atoms with Crippen LogP contribution < -0.4 is 9.61 Å². The van der Waals surface area contributed by atoms with Gasteiger partial charge < -0.3 is 14.4 Å². The van der Waals surface area contributed by atoms with Gasteiger partial charge in [0, 0.05) is 6.16 Å². The van der Waals surface area contributed by atoms with Gasteiger partial charge >= 0.3 is 13.5 Å². The summed E-state index contributed by atoms with van der Waals surface area (Å²) in [6, 6.07) is 10.6. The molecule has 0 aliphatic rings. The summed E-state index contributed by atoms with van der Waals surface area (Å²) < 4.78 is 24.6. The second kappa shape index (κ2) is 12.1. The maximum atomic E-state index is 13.7. The van der Waals surface area contributed by atoms with Crippen LogP contribution in [-0.2, 0) is 20.5 Å². The molecule has 0 aliphatic carbocycles. The van der Waals surface area contributed by atoms with E-state index in [4.69, 9.17) is 9.26 Å². The van der Waals surface area contributed by atoms with Gasteiger partial charge in [-0.15, -0.1) is 0 Å². The molecule has 2 aromatic carbocycles. The van der Waals surface area contributed by atoms with Crippen molar-refractivity contribution in [3.05, 3.63) is 47.5 Å². The molecule has 0 saturated carbocycles. The Labute approximate surface area is 191 Å². The van der Waals surface area contributed by atoms with Crippen LogP contribution in [0.5, 0.6) is 11.5 Å². The Kier molecular flexibility index (Phi) is 9.80. The molecule has 0 heterocycles. The molecular weight excluding hydrogens is 425 g/mol. The molecule has 0 spiro atoms. The highest BCUT2D eigenvalue weighted by Crippen LogP contribution is 2.49. The lowest BCUT2D eigenvalue weighted by molar-refractivity contribution is -0.142. The highest BCUT2D eigenvalue weighted by atomic mass is 31.2. The standard InChI is InChI=1S/C25H36NO5P/c1-6-8-9-12-20-16-22(27)24(21-13-10-11-18(3)15-21)23(17-20)31-32(29,14-7-2)26-19(4)25(28)30-5/h10-11,13,15-17,19,27H,6-9,12,14H2,1-5H3,(H,26,29)/t19-,32?/m0/s1. The molecule has 0 radical (unpaired) electrons. The highest BCUT2D eigenvalue weighted by molar-refractivity contribution is 7.57. The predicted molar refractivity (Wildman–Crippen MR) is 130 cm³/mol. The molecule has 2 atom stereocenters. The molecule has 1 unspecified atom stereocenters. The second-order valence-electron chi connectivity index (χ2n) is 8.18. The fourth-order valence-corrected chi connectivity index (χ4v) is 5.68. The number of phenols is 1. The third kappa shape index (κ3) is 7.11. The third-order valence-corrected chi connectivity index (χ3v) is 7.53. The number of benzene rings is 2. The van der Waals surface area contributed by atoms with Crippen LogP contribution in [0, 0.1) is 6.92 Å². The van der Waals surface area contributed by atoms with Crippen molar-refractivity contribution >= 4 is 13.5 Å². The van der Waals surface area contributed by atoms with E-state index in [0.29, 0.717) is 17.7 Å². The molecule has 2 N–H and O–H groups in total. The van der Waals surface area contributed by atoms with Gasteiger partial charge in [0.05, 0.1) is 12.7 Å². The van der Waals surface area contributed by atoms with Crippen molar-refractivity contribution in [2.45, 2.75) is 65.8 Å². The molecule has 7 heteroatoms. The Morgan fingerprint density at radius 3 is 2.53 bits per heavy atom. The van der Waals surface area contributed by atoms with Crippen molar-refractivity contribution in [3.8, 4) is 22.6 Å². The Morgan fingerprint density at radius 1 is 1.16 bits per heavy atom. The quantitative estimate of drug-likeness (QED) is 0.221. The summed E-state index contributed by atoms with van der Waals surface area (Å²) in [5.41, 5.74) is 3.24. The van der Waals surface area contributed by atoms with E-state index in [0.717, 1.165) is 42.4 Å². The second-order valence-corrected chi connectivity index (χ2v) is 10.4. The molecule has 6 nitrogen and oxygen atoms in total. The number of hydrogen-bond donors (Lipinski definition) is 2. The van der Waals surface area contributed by atoms with Crippen LogP contribution >= 0.6 is 7.52 Å². The zero-order chi connectivity index (χ0) is 23.7. The Bertz CT molecular complexity index is 959. The number of nitrogens with one attached hydrogen (secondary N) is 1. The minimum atomic E-state index is -3.46. The van der Waals surface area contributed by atoms with Gasteiger partial charge in [0.1, 0.15) is 17.5 Å². The number of aromatic hydroxyl groups is 1. The fraction of sp³-hybridized carbons (Fsp3) is 0.480. The number of carbonyl (C=O) groups excluding carboxylic acids is 1. The number of esters is 1. The molecule has 176 valence electrons. The Balaban J connectivity index is 2.52. The Hall–Kier alpha value is -2.30. The van der Waals surface area contributed by atoms with Gasteiger partial charge in [-0.1, -0.05) is 56.5 Å². The first-order valence-corrected chi connectivity index (χ1v) is 13.1. The molecular formula is C25H36NO5P. The number of hydrogen-bond acceptors (Lipinski definition) is 5. The number of methoxy groups -OCH3 is 1. The van der Waals surface area contributed by atoms with E-state index in [1.165, 1.54) is 7.11 Å². The van der Waals surface area contributed by atoms with Crippen molar-refractivity contribution < 1.29 is 23.7 Å². The van der Waals surface area contributed by atoms with Crippen molar-refractivity contribution in [3.63, 3.8) is 0 Å². The van der Waals surface area contributed by atoms with E-state index in [9.17, 15) is 14.5 Å². The first-order valence-electron chi connectivity index (χ1n) is 11.3. The van der Waals surface area contributed by atoms with Crippen LogP contribution in [-0.4, -0.2) is 30.4 Å². The van der Waals surface area contributed by atoms with Gasteiger partial charge in [0.15, 0.2) is 0 Å². The van der Waals surface area contributed by atoms with Gasteiger partial charge in [-0.2, -0.15) is 0 Å². The zero-order valence-corrected chi connectivity index (χ0v) is 20.7. The van der Waals surface area contributed by atoms with E-state index in [-0.39, 0.29) is 11.9 Å². The molecule has 0 aliphatic heterocycles. The molecule has 0 saturated heterocycles. The fourth-order valence-electron chi connectivity index (χ4n) is 3.66. The minimum Gasteiger partial charge on any atom is -0.507 e. The molecule has 0 aromatic heterocycles. The number of unbranched alkanes of at least 4 members (excludes halogenated alkanes) is 2. The smallest absolute Gasteiger partial charge is 0.323 e. The number of aryl methyl sites for hydroxylation is 2. The molecule has 0 fully saturated rings. The predicted octanol–water partition coefficient (Wildman–Crippen LogP) is 6.23. The SMILES string of the molecule is CCCCCc1cc(O)c(-c2cccc(C)c2)c(OP(=O)(CCC)N[C@@H](C)C(=O)OC)c1. The van der Waals surface area contributed by atoms with E-state index in [1.54, 1.807) is 13.0 Å². The van der Waals surface area contributed by atoms with Gasteiger partial charge in [-0.3, -0.25) is 9.36 Å². The topological polar surface area (TPSA) is 84.9 Å². The summed E-state index contributed by atoms with van der Waals surface area (Å²) in [5.74, 6) is -0.0767. The zero-order valence-electron chi connectivity index (χ0n) is 19.8. The summed E-state index contributed by atoms with van der Waals surface area (Å²) >= 11 is 0. The molecule has 0 bridgehead atoms. The maximum absolute atomic E-state index is 13.7. The van der Waals surface area contributed by atoms with Crippen LogP contribution in [0.25, 0.3) is 11.1 Å². The van der Waals surface area contributed by atoms with Crippen LogP contribution in [0.1, 0.15) is 57.6 Å². The highest BCUT2D eigenvalue weighted by Gasteiger charge is 2.31. The van der Waals surface area contributed by atoms with Crippen LogP contribution in [0.2, 0.25) is 0 Å². The minimum absolute atomic E-state index is 0.0867.